The molecular weight excluding hydrogens is 250 g/mol. The molecule has 1 aliphatic heterocycles. The van der Waals surface area contributed by atoms with Crippen LogP contribution in [0.5, 0.6) is 0 Å². The van der Waals surface area contributed by atoms with Gasteiger partial charge in [0.15, 0.2) is 0 Å². The number of rotatable bonds is 2. The second-order valence-corrected chi connectivity index (χ2v) is 6.48. The Morgan fingerprint density at radius 1 is 1.20 bits per heavy atom. The van der Waals surface area contributed by atoms with Gasteiger partial charge in [-0.3, -0.25) is 10.3 Å². The zero-order valence-corrected chi connectivity index (χ0v) is 11.5. The largest absolute Gasteiger partial charge is 0.303 e. The number of aromatic nitrogens is 2. The van der Waals surface area contributed by atoms with Crippen LogP contribution in [-0.2, 0) is 4.84 Å². The quantitative estimate of drug-likeness (QED) is 0.901. The first kappa shape index (κ1) is 11.1. The van der Waals surface area contributed by atoms with Crippen LogP contribution in [0.2, 0.25) is 0 Å². The highest BCUT2D eigenvalue weighted by Gasteiger charge is 2.36. The Kier molecular flexibility index (Phi) is 2.22. The molecule has 0 radical (unpaired) electrons. The van der Waals surface area contributed by atoms with Crippen LogP contribution in [0.4, 0.5) is 5.69 Å². The standard InChI is InChI=1S/C16H19N3O/c1-2-4-11(3-1)15-14-12(18-20-15)7-8-19-13(10-5-6-10)9-17-16(14)19/h7-11,15,18H,1-6H2. The Morgan fingerprint density at radius 2 is 2.05 bits per heavy atom. The lowest BCUT2D eigenvalue weighted by Gasteiger charge is -2.17. The van der Waals surface area contributed by atoms with E-state index in [9.17, 15) is 0 Å². The fourth-order valence-corrected chi connectivity index (χ4v) is 3.92. The second kappa shape index (κ2) is 3.98. The fourth-order valence-electron chi connectivity index (χ4n) is 3.92. The summed E-state index contributed by atoms with van der Waals surface area (Å²) in [5, 5.41) is 0. The molecule has 5 rings (SSSR count). The smallest absolute Gasteiger partial charge is 0.145 e. The van der Waals surface area contributed by atoms with Gasteiger partial charge in [0.25, 0.3) is 0 Å². The zero-order chi connectivity index (χ0) is 13.1. The predicted molar refractivity (Wildman–Crippen MR) is 76.6 cm³/mol. The van der Waals surface area contributed by atoms with E-state index in [1.54, 1.807) is 0 Å². The first-order valence-corrected chi connectivity index (χ1v) is 7.83. The molecule has 0 bridgehead atoms. The summed E-state index contributed by atoms with van der Waals surface area (Å²) < 4.78 is 2.29. The van der Waals surface area contributed by atoms with Gasteiger partial charge in [-0.25, -0.2) is 4.98 Å². The van der Waals surface area contributed by atoms with Gasteiger partial charge in [0.1, 0.15) is 11.8 Å². The number of hydrogen-bond acceptors (Lipinski definition) is 3. The minimum Gasteiger partial charge on any atom is -0.303 e. The highest BCUT2D eigenvalue weighted by atomic mass is 16.7. The van der Waals surface area contributed by atoms with E-state index < -0.39 is 0 Å². The van der Waals surface area contributed by atoms with Crippen LogP contribution in [-0.4, -0.2) is 9.38 Å². The maximum Gasteiger partial charge on any atom is 0.145 e. The van der Waals surface area contributed by atoms with Crippen LogP contribution in [0.1, 0.15) is 61.8 Å². The van der Waals surface area contributed by atoms with Gasteiger partial charge in [-0.1, -0.05) is 12.8 Å². The van der Waals surface area contributed by atoms with Gasteiger partial charge in [-0.15, -0.1) is 0 Å². The van der Waals surface area contributed by atoms with E-state index in [4.69, 9.17) is 9.82 Å². The Labute approximate surface area is 118 Å². The topological polar surface area (TPSA) is 38.6 Å². The lowest BCUT2D eigenvalue weighted by Crippen LogP contribution is -2.10. The molecule has 20 heavy (non-hydrogen) atoms. The average Bonchev–Trinajstić information content (AvgIpc) is 2.94. The van der Waals surface area contributed by atoms with Gasteiger partial charge in [0.2, 0.25) is 0 Å². The number of hydrogen-bond donors (Lipinski definition) is 1. The molecule has 2 aliphatic carbocycles. The summed E-state index contributed by atoms with van der Waals surface area (Å²) in [4.78, 5) is 10.6. The van der Waals surface area contributed by atoms with Crippen molar-refractivity contribution in [2.24, 2.45) is 5.92 Å². The maximum atomic E-state index is 5.90. The first-order chi connectivity index (χ1) is 9.92. The summed E-state index contributed by atoms with van der Waals surface area (Å²) in [6.07, 6.45) is 12.3. The minimum absolute atomic E-state index is 0.186. The van der Waals surface area contributed by atoms with E-state index in [1.807, 2.05) is 0 Å². The van der Waals surface area contributed by atoms with E-state index >= 15 is 0 Å². The molecule has 2 aromatic heterocycles. The number of fused-ring (bicyclic) bond motifs is 3. The molecule has 0 aromatic carbocycles. The average molecular weight is 269 g/mol. The third-order valence-electron chi connectivity index (χ3n) is 5.15. The van der Waals surface area contributed by atoms with Crippen LogP contribution < -0.4 is 5.48 Å². The van der Waals surface area contributed by atoms with Crippen molar-refractivity contribution in [2.45, 2.75) is 50.5 Å². The van der Waals surface area contributed by atoms with E-state index in [-0.39, 0.29) is 6.10 Å². The predicted octanol–water partition coefficient (Wildman–Crippen LogP) is 3.80. The molecule has 1 N–H and O–H groups in total. The van der Waals surface area contributed by atoms with Crippen molar-refractivity contribution in [3.8, 4) is 0 Å². The van der Waals surface area contributed by atoms with Crippen molar-refractivity contribution in [1.82, 2.24) is 9.38 Å². The van der Waals surface area contributed by atoms with E-state index in [1.165, 1.54) is 49.8 Å². The zero-order valence-electron chi connectivity index (χ0n) is 11.5. The summed E-state index contributed by atoms with van der Waals surface area (Å²) in [6, 6.07) is 2.14. The molecular formula is C16H19N3O. The van der Waals surface area contributed by atoms with Crippen LogP contribution in [0, 0.1) is 5.92 Å². The molecule has 0 saturated heterocycles. The lowest BCUT2D eigenvalue weighted by molar-refractivity contribution is 0.0707. The van der Waals surface area contributed by atoms with Crippen molar-refractivity contribution in [3.63, 3.8) is 0 Å². The Hall–Kier alpha value is -1.55. The molecule has 1 atom stereocenters. The number of pyridine rings is 1. The lowest BCUT2D eigenvalue weighted by atomic mass is 9.95. The van der Waals surface area contributed by atoms with Gasteiger partial charge in [0.05, 0.1) is 11.3 Å². The molecule has 0 spiro atoms. The van der Waals surface area contributed by atoms with Crippen molar-refractivity contribution in [2.75, 3.05) is 5.48 Å². The van der Waals surface area contributed by atoms with Crippen molar-refractivity contribution >= 4 is 11.3 Å². The number of anilines is 1. The summed E-state index contributed by atoms with van der Waals surface area (Å²) in [6.45, 7) is 0. The van der Waals surface area contributed by atoms with Gasteiger partial charge < -0.3 is 4.40 Å². The minimum atomic E-state index is 0.186. The fraction of sp³-hybridized carbons (Fsp3) is 0.562. The van der Waals surface area contributed by atoms with Gasteiger partial charge >= 0.3 is 0 Å². The van der Waals surface area contributed by atoms with E-state index in [0.717, 1.165) is 17.3 Å². The van der Waals surface area contributed by atoms with Crippen molar-refractivity contribution < 1.29 is 4.84 Å². The third kappa shape index (κ3) is 1.48. The van der Waals surface area contributed by atoms with Gasteiger partial charge in [-0.2, -0.15) is 0 Å². The molecule has 4 heteroatoms. The van der Waals surface area contributed by atoms with Gasteiger partial charge in [-0.05, 0) is 37.7 Å². The van der Waals surface area contributed by atoms with E-state index in [0.29, 0.717) is 5.92 Å². The first-order valence-electron chi connectivity index (χ1n) is 7.83. The summed E-state index contributed by atoms with van der Waals surface area (Å²) in [5.74, 6) is 1.37. The highest BCUT2D eigenvalue weighted by molar-refractivity contribution is 5.67. The molecule has 2 saturated carbocycles. The third-order valence-corrected chi connectivity index (χ3v) is 5.15. The molecule has 2 aromatic rings. The van der Waals surface area contributed by atoms with Crippen LogP contribution in [0.15, 0.2) is 18.5 Å². The molecule has 104 valence electrons. The maximum absolute atomic E-state index is 5.90. The monoisotopic (exact) mass is 269 g/mol. The van der Waals surface area contributed by atoms with Gasteiger partial charge in [0, 0.05) is 24.0 Å². The van der Waals surface area contributed by atoms with Crippen LogP contribution >= 0.6 is 0 Å². The molecule has 3 heterocycles. The second-order valence-electron chi connectivity index (χ2n) is 6.48. The van der Waals surface area contributed by atoms with Crippen molar-refractivity contribution in [1.29, 1.82) is 0 Å². The Balaban J connectivity index is 1.66. The highest BCUT2D eigenvalue weighted by Crippen LogP contribution is 2.47. The normalized spacial score (nSPS) is 26.1. The molecule has 3 aliphatic rings. The Bertz CT molecular complexity index is 668. The molecule has 1 unspecified atom stereocenters. The molecule has 0 amide bonds. The number of nitrogens with zero attached hydrogens (tertiary/aromatic N) is 2. The summed E-state index contributed by atoms with van der Waals surface area (Å²) >= 11 is 0. The van der Waals surface area contributed by atoms with E-state index in [2.05, 4.69) is 28.3 Å². The summed E-state index contributed by atoms with van der Waals surface area (Å²) in [7, 11) is 0. The number of imidazole rings is 1. The van der Waals surface area contributed by atoms with Crippen LogP contribution in [0.3, 0.4) is 0 Å². The Morgan fingerprint density at radius 3 is 2.85 bits per heavy atom. The number of nitrogens with one attached hydrogen (secondary N) is 1. The molecule has 4 nitrogen and oxygen atoms in total. The molecule has 2 fully saturated rings. The SMILES string of the molecule is c1cn2c(C3CC3)cnc2c2c1NOC2C1CCCC1. The van der Waals surface area contributed by atoms with Crippen molar-refractivity contribution in [3.05, 3.63) is 29.7 Å². The van der Waals surface area contributed by atoms with Crippen LogP contribution in [0.25, 0.3) is 5.65 Å². The summed E-state index contributed by atoms with van der Waals surface area (Å²) in [5.41, 5.74) is 7.99.